The van der Waals surface area contributed by atoms with Crippen LogP contribution in [0.1, 0.15) is 26.7 Å². The zero-order chi connectivity index (χ0) is 7.41. The topological polar surface area (TPSA) is 35.2 Å². The minimum atomic E-state index is 0.115. The van der Waals surface area contributed by atoms with E-state index in [9.17, 15) is 0 Å². The minimum absolute atomic E-state index is 0.115. The molecule has 2 fully saturated rings. The van der Waals surface area contributed by atoms with Gasteiger partial charge in [-0.3, -0.25) is 0 Å². The predicted octanol–water partition coefficient (Wildman–Crippen LogP) is 0.903. The van der Waals surface area contributed by atoms with Gasteiger partial charge >= 0.3 is 0 Å². The zero-order valence-electron chi connectivity index (χ0n) is 6.68. The van der Waals surface area contributed by atoms with Gasteiger partial charge in [0.1, 0.15) is 0 Å². The molecule has 2 heteroatoms. The van der Waals surface area contributed by atoms with Crippen LogP contribution in [-0.2, 0) is 4.74 Å². The maximum absolute atomic E-state index is 6.03. The van der Waals surface area contributed by atoms with Gasteiger partial charge in [-0.25, -0.2) is 0 Å². The van der Waals surface area contributed by atoms with Crippen molar-refractivity contribution in [1.82, 2.24) is 0 Å². The van der Waals surface area contributed by atoms with E-state index in [1.165, 1.54) is 12.8 Å². The third-order valence-corrected chi connectivity index (χ3v) is 2.88. The fraction of sp³-hybridized carbons (Fsp3) is 1.00. The van der Waals surface area contributed by atoms with Crippen molar-refractivity contribution in [2.24, 2.45) is 11.1 Å². The van der Waals surface area contributed by atoms with Gasteiger partial charge in [-0.15, -0.1) is 0 Å². The highest BCUT2D eigenvalue weighted by atomic mass is 16.5. The van der Waals surface area contributed by atoms with Crippen molar-refractivity contribution < 1.29 is 4.74 Å². The van der Waals surface area contributed by atoms with Crippen LogP contribution in [-0.4, -0.2) is 18.2 Å². The number of nitrogens with two attached hydrogens (primary N) is 1. The standard InChI is InChI=1S/C8H15NO/c1-7(2)5-10-8(3-4-8)6(7)9/h6H,3-5,9H2,1-2H3. The molecular weight excluding hydrogens is 126 g/mol. The summed E-state index contributed by atoms with van der Waals surface area (Å²) in [6, 6.07) is 0.264. The van der Waals surface area contributed by atoms with E-state index >= 15 is 0 Å². The average Bonchev–Trinajstić information content (AvgIpc) is 2.59. The van der Waals surface area contributed by atoms with Crippen LogP contribution in [0.25, 0.3) is 0 Å². The molecule has 1 spiro atoms. The first kappa shape index (κ1) is 6.62. The van der Waals surface area contributed by atoms with Crippen molar-refractivity contribution in [3.63, 3.8) is 0 Å². The Morgan fingerprint density at radius 1 is 1.40 bits per heavy atom. The maximum atomic E-state index is 6.03. The molecule has 1 saturated heterocycles. The molecule has 1 unspecified atom stereocenters. The summed E-state index contributed by atoms with van der Waals surface area (Å²) in [4.78, 5) is 0. The molecule has 10 heavy (non-hydrogen) atoms. The summed E-state index contributed by atoms with van der Waals surface area (Å²) in [7, 11) is 0. The molecule has 2 nitrogen and oxygen atoms in total. The van der Waals surface area contributed by atoms with Crippen molar-refractivity contribution in [3.05, 3.63) is 0 Å². The van der Waals surface area contributed by atoms with Gasteiger partial charge in [0.05, 0.1) is 12.2 Å². The van der Waals surface area contributed by atoms with Crippen LogP contribution < -0.4 is 5.73 Å². The van der Waals surface area contributed by atoms with E-state index in [1.807, 2.05) is 0 Å². The van der Waals surface area contributed by atoms with E-state index in [1.54, 1.807) is 0 Å². The largest absolute Gasteiger partial charge is 0.373 e. The lowest BCUT2D eigenvalue weighted by atomic mass is 9.84. The summed E-state index contributed by atoms with van der Waals surface area (Å²) in [6.07, 6.45) is 2.36. The molecule has 1 heterocycles. The van der Waals surface area contributed by atoms with Crippen LogP contribution >= 0.6 is 0 Å². The second-order valence-corrected chi connectivity index (χ2v) is 4.32. The average molecular weight is 141 g/mol. The first-order valence-electron chi connectivity index (χ1n) is 3.96. The quantitative estimate of drug-likeness (QED) is 0.544. The van der Waals surface area contributed by atoms with E-state index in [0.29, 0.717) is 0 Å². The normalized spacial score (nSPS) is 40.5. The van der Waals surface area contributed by atoms with Crippen LogP contribution in [0.5, 0.6) is 0 Å². The van der Waals surface area contributed by atoms with Crippen molar-refractivity contribution in [2.45, 2.75) is 38.3 Å². The first-order valence-corrected chi connectivity index (χ1v) is 3.96. The SMILES string of the molecule is CC1(C)COC2(CC2)C1N. The second kappa shape index (κ2) is 1.56. The Labute approximate surface area is 61.7 Å². The third-order valence-electron chi connectivity index (χ3n) is 2.88. The maximum Gasteiger partial charge on any atom is 0.0841 e. The lowest BCUT2D eigenvalue weighted by Gasteiger charge is -2.23. The van der Waals surface area contributed by atoms with Gasteiger partial charge in [0, 0.05) is 11.5 Å². The summed E-state index contributed by atoms with van der Waals surface area (Å²) in [5.74, 6) is 0. The van der Waals surface area contributed by atoms with E-state index in [-0.39, 0.29) is 17.1 Å². The van der Waals surface area contributed by atoms with Crippen LogP contribution in [0.4, 0.5) is 0 Å². The van der Waals surface area contributed by atoms with E-state index in [2.05, 4.69) is 13.8 Å². The van der Waals surface area contributed by atoms with Crippen molar-refractivity contribution in [2.75, 3.05) is 6.61 Å². The van der Waals surface area contributed by atoms with Gasteiger partial charge in [-0.2, -0.15) is 0 Å². The van der Waals surface area contributed by atoms with Crippen LogP contribution in [0, 0.1) is 5.41 Å². The molecule has 58 valence electrons. The summed E-state index contributed by atoms with van der Waals surface area (Å²) in [6.45, 7) is 5.21. The first-order chi connectivity index (χ1) is 4.57. The van der Waals surface area contributed by atoms with E-state index in [4.69, 9.17) is 10.5 Å². The van der Waals surface area contributed by atoms with Crippen LogP contribution in [0.15, 0.2) is 0 Å². The zero-order valence-corrected chi connectivity index (χ0v) is 6.68. The smallest absolute Gasteiger partial charge is 0.0841 e. The molecule has 0 radical (unpaired) electrons. The van der Waals surface area contributed by atoms with Gasteiger partial charge in [0.25, 0.3) is 0 Å². The molecule has 0 aromatic carbocycles. The summed E-state index contributed by atoms with van der Waals surface area (Å²) < 4.78 is 5.65. The lowest BCUT2D eigenvalue weighted by Crippen LogP contribution is -2.42. The van der Waals surface area contributed by atoms with Gasteiger partial charge in [-0.1, -0.05) is 13.8 Å². The van der Waals surface area contributed by atoms with Crippen LogP contribution in [0.2, 0.25) is 0 Å². The Hall–Kier alpha value is -0.0800. The number of hydrogen-bond donors (Lipinski definition) is 1. The second-order valence-electron chi connectivity index (χ2n) is 4.32. The van der Waals surface area contributed by atoms with Gasteiger partial charge < -0.3 is 10.5 Å². The summed E-state index contributed by atoms with van der Waals surface area (Å²) in [5.41, 5.74) is 6.35. The molecule has 0 amide bonds. The molecule has 1 aliphatic carbocycles. The number of ether oxygens (including phenoxy) is 1. The van der Waals surface area contributed by atoms with Crippen LogP contribution in [0.3, 0.4) is 0 Å². The van der Waals surface area contributed by atoms with Gasteiger partial charge in [0.15, 0.2) is 0 Å². The molecule has 1 aliphatic heterocycles. The molecular formula is C8H15NO. The van der Waals surface area contributed by atoms with E-state index in [0.717, 1.165) is 6.61 Å². The van der Waals surface area contributed by atoms with Crippen molar-refractivity contribution in [1.29, 1.82) is 0 Å². The number of hydrogen-bond acceptors (Lipinski definition) is 2. The Balaban J connectivity index is 2.20. The predicted molar refractivity (Wildman–Crippen MR) is 39.7 cm³/mol. The third kappa shape index (κ3) is 0.663. The minimum Gasteiger partial charge on any atom is -0.373 e. The molecule has 0 aromatic heterocycles. The highest BCUT2D eigenvalue weighted by Gasteiger charge is 2.59. The van der Waals surface area contributed by atoms with Crippen molar-refractivity contribution in [3.8, 4) is 0 Å². The van der Waals surface area contributed by atoms with Crippen molar-refractivity contribution >= 4 is 0 Å². The fourth-order valence-electron chi connectivity index (χ4n) is 1.80. The molecule has 2 aliphatic rings. The lowest BCUT2D eigenvalue weighted by molar-refractivity contribution is 0.0780. The molecule has 0 bridgehead atoms. The summed E-state index contributed by atoms with van der Waals surface area (Å²) >= 11 is 0. The molecule has 1 atom stereocenters. The Morgan fingerprint density at radius 2 is 2.00 bits per heavy atom. The van der Waals surface area contributed by atoms with Gasteiger partial charge in [-0.05, 0) is 12.8 Å². The summed E-state index contributed by atoms with van der Waals surface area (Å²) in [5, 5.41) is 0. The molecule has 0 aromatic rings. The molecule has 2 N–H and O–H groups in total. The Bertz CT molecular complexity index is 155. The monoisotopic (exact) mass is 141 g/mol. The Kier molecular flexibility index (Phi) is 1.03. The van der Waals surface area contributed by atoms with Gasteiger partial charge in [0.2, 0.25) is 0 Å². The molecule has 2 rings (SSSR count). The highest BCUT2D eigenvalue weighted by Crippen LogP contribution is 2.52. The Morgan fingerprint density at radius 3 is 2.20 bits per heavy atom. The van der Waals surface area contributed by atoms with E-state index < -0.39 is 0 Å². The number of rotatable bonds is 0. The fourth-order valence-corrected chi connectivity index (χ4v) is 1.80. The highest BCUT2D eigenvalue weighted by molar-refractivity contribution is 5.12. The molecule has 1 saturated carbocycles.